The van der Waals surface area contributed by atoms with Gasteiger partial charge in [-0.05, 0) is 30.2 Å². The summed E-state index contributed by atoms with van der Waals surface area (Å²) < 4.78 is 1.15. The number of halogens is 1. The fourth-order valence-electron chi connectivity index (χ4n) is 3.06. The van der Waals surface area contributed by atoms with Crippen molar-refractivity contribution in [1.29, 1.82) is 0 Å². The first-order chi connectivity index (χ1) is 9.29. The van der Waals surface area contributed by atoms with Crippen LogP contribution in [0.25, 0.3) is 10.9 Å². The molecule has 1 atom stereocenters. The summed E-state index contributed by atoms with van der Waals surface area (Å²) in [5.41, 5.74) is 2.66. The number of hydrogen-bond donors (Lipinski definition) is 2. The molecule has 0 amide bonds. The Morgan fingerprint density at radius 2 is 2.11 bits per heavy atom. The molecule has 2 heterocycles. The second-order valence-electron chi connectivity index (χ2n) is 5.14. The third-order valence-electron chi connectivity index (χ3n) is 4.01. The number of rotatable bonds is 3. The number of H-pyrrole nitrogens is 1. The lowest BCUT2D eigenvalue weighted by atomic mass is 10.0. The molecule has 0 saturated carbocycles. The molecular formula is C15H20BrN3. The molecule has 4 heteroatoms. The van der Waals surface area contributed by atoms with Gasteiger partial charge in [0.15, 0.2) is 0 Å². The van der Waals surface area contributed by atoms with Crippen LogP contribution >= 0.6 is 15.9 Å². The van der Waals surface area contributed by atoms with E-state index in [-0.39, 0.29) is 0 Å². The van der Waals surface area contributed by atoms with Crippen LogP contribution in [0, 0.1) is 0 Å². The van der Waals surface area contributed by atoms with Crippen LogP contribution in [0.4, 0.5) is 0 Å². The molecule has 19 heavy (non-hydrogen) atoms. The van der Waals surface area contributed by atoms with E-state index in [1.165, 1.54) is 16.5 Å². The second-order valence-corrected chi connectivity index (χ2v) is 6.06. The molecule has 2 aromatic rings. The maximum Gasteiger partial charge on any atom is 0.0458 e. The maximum atomic E-state index is 3.58. The summed E-state index contributed by atoms with van der Waals surface area (Å²) in [7, 11) is 0. The highest BCUT2D eigenvalue weighted by Crippen LogP contribution is 2.32. The van der Waals surface area contributed by atoms with E-state index in [2.05, 4.69) is 62.5 Å². The van der Waals surface area contributed by atoms with E-state index in [9.17, 15) is 0 Å². The number of aromatic amines is 1. The van der Waals surface area contributed by atoms with Crippen LogP contribution in [-0.4, -0.2) is 36.1 Å². The normalized spacial score (nSPS) is 18.8. The summed E-state index contributed by atoms with van der Waals surface area (Å²) in [6.07, 6.45) is 3.34. The highest BCUT2D eigenvalue weighted by Gasteiger charge is 2.22. The fraction of sp³-hybridized carbons (Fsp3) is 0.467. The summed E-state index contributed by atoms with van der Waals surface area (Å²) in [6, 6.07) is 6.98. The number of hydrogen-bond acceptors (Lipinski definition) is 2. The molecule has 1 aromatic heterocycles. The molecule has 3 nitrogen and oxygen atoms in total. The Hall–Kier alpha value is -0.840. The van der Waals surface area contributed by atoms with Gasteiger partial charge in [0.1, 0.15) is 0 Å². The smallest absolute Gasteiger partial charge is 0.0458 e. The predicted octanol–water partition coefficient (Wildman–Crippen LogP) is 3.29. The zero-order chi connectivity index (χ0) is 13.2. The van der Waals surface area contributed by atoms with Crippen molar-refractivity contribution in [3.8, 4) is 0 Å². The number of piperazine rings is 1. The van der Waals surface area contributed by atoms with Gasteiger partial charge >= 0.3 is 0 Å². The highest BCUT2D eigenvalue weighted by atomic mass is 79.9. The van der Waals surface area contributed by atoms with Crippen LogP contribution < -0.4 is 5.32 Å². The van der Waals surface area contributed by atoms with Crippen LogP contribution in [0.5, 0.6) is 0 Å². The lowest BCUT2D eigenvalue weighted by Gasteiger charge is -2.34. The Labute approximate surface area is 122 Å². The van der Waals surface area contributed by atoms with Crippen molar-refractivity contribution in [3.63, 3.8) is 0 Å². The van der Waals surface area contributed by atoms with Crippen molar-refractivity contribution in [2.24, 2.45) is 0 Å². The summed E-state index contributed by atoms with van der Waals surface area (Å²) in [5, 5.41) is 4.78. The van der Waals surface area contributed by atoms with Crippen molar-refractivity contribution in [3.05, 3.63) is 34.4 Å². The first-order valence-electron chi connectivity index (χ1n) is 7.01. The van der Waals surface area contributed by atoms with Gasteiger partial charge in [-0.15, -0.1) is 0 Å². The first kappa shape index (κ1) is 13.2. The largest absolute Gasteiger partial charge is 0.361 e. The number of nitrogens with zero attached hydrogens (tertiary/aromatic N) is 1. The zero-order valence-electron chi connectivity index (χ0n) is 11.2. The van der Waals surface area contributed by atoms with Gasteiger partial charge in [-0.3, -0.25) is 4.90 Å². The lowest BCUT2D eigenvalue weighted by molar-refractivity contribution is 0.170. The fourth-order valence-corrected chi connectivity index (χ4v) is 3.42. The molecule has 1 aliphatic rings. The highest BCUT2D eigenvalue weighted by molar-refractivity contribution is 9.10. The monoisotopic (exact) mass is 321 g/mol. The topological polar surface area (TPSA) is 31.1 Å². The number of nitrogens with one attached hydrogen (secondary N) is 2. The number of aromatic nitrogens is 1. The first-order valence-corrected chi connectivity index (χ1v) is 7.80. The van der Waals surface area contributed by atoms with Crippen molar-refractivity contribution in [1.82, 2.24) is 15.2 Å². The maximum absolute atomic E-state index is 3.58. The van der Waals surface area contributed by atoms with E-state index in [1.54, 1.807) is 0 Å². The Bertz CT molecular complexity index is 558. The second kappa shape index (κ2) is 5.65. The van der Waals surface area contributed by atoms with Crippen molar-refractivity contribution < 1.29 is 0 Å². The van der Waals surface area contributed by atoms with Crippen molar-refractivity contribution in [2.75, 3.05) is 26.2 Å². The Kier molecular flexibility index (Phi) is 3.91. The SMILES string of the molecule is CC[C@@H](c1c[nH]c2ccc(Br)cc12)N1CCNCC1. The zero-order valence-corrected chi connectivity index (χ0v) is 12.8. The number of fused-ring (bicyclic) bond motifs is 1. The average molecular weight is 322 g/mol. The van der Waals surface area contributed by atoms with E-state index in [0.29, 0.717) is 6.04 Å². The van der Waals surface area contributed by atoms with Crippen LogP contribution in [-0.2, 0) is 0 Å². The molecule has 0 bridgehead atoms. The Morgan fingerprint density at radius 3 is 2.84 bits per heavy atom. The molecule has 0 spiro atoms. The third kappa shape index (κ3) is 2.57. The quantitative estimate of drug-likeness (QED) is 0.909. The van der Waals surface area contributed by atoms with Crippen molar-refractivity contribution in [2.45, 2.75) is 19.4 Å². The predicted molar refractivity (Wildman–Crippen MR) is 83.5 cm³/mol. The molecular weight excluding hydrogens is 302 g/mol. The van der Waals surface area contributed by atoms with Crippen LogP contribution in [0.3, 0.4) is 0 Å². The standard InChI is InChI=1S/C15H20BrN3/c1-2-15(19-7-5-17-6-8-19)13-10-18-14-4-3-11(16)9-12(13)14/h3-4,9-10,15,17-18H,2,5-8H2,1H3/t15-/m0/s1. The van der Waals surface area contributed by atoms with Crippen LogP contribution in [0.1, 0.15) is 24.9 Å². The third-order valence-corrected chi connectivity index (χ3v) is 4.51. The molecule has 102 valence electrons. The summed E-state index contributed by atoms with van der Waals surface area (Å²) >= 11 is 3.58. The van der Waals surface area contributed by atoms with Gasteiger partial charge in [0, 0.05) is 53.8 Å². The molecule has 3 rings (SSSR count). The molecule has 0 unspecified atom stereocenters. The van der Waals surface area contributed by atoms with Gasteiger partial charge in [0.25, 0.3) is 0 Å². The minimum atomic E-state index is 0.519. The molecule has 0 aliphatic carbocycles. The molecule has 0 radical (unpaired) electrons. The lowest BCUT2D eigenvalue weighted by Crippen LogP contribution is -2.45. The van der Waals surface area contributed by atoms with Gasteiger partial charge in [0.2, 0.25) is 0 Å². The summed E-state index contributed by atoms with van der Waals surface area (Å²) in [6.45, 7) is 6.76. The minimum absolute atomic E-state index is 0.519. The van der Waals surface area contributed by atoms with Gasteiger partial charge in [0.05, 0.1) is 0 Å². The van der Waals surface area contributed by atoms with E-state index in [1.807, 2.05) is 0 Å². The van der Waals surface area contributed by atoms with Gasteiger partial charge in [-0.2, -0.15) is 0 Å². The molecule has 1 aliphatic heterocycles. The minimum Gasteiger partial charge on any atom is -0.361 e. The van der Waals surface area contributed by atoms with E-state index in [4.69, 9.17) is 0 Å². The average Bonchev–Trinajstić information content (AvgIpc) is 2.84. The Morgan fingerprint density at radius 1 is 1.32 bits per heavy atom. The van der Waals surface area contributed by atoms with Gasteiger partial charge < -0.3 is 10.3 Å². The molecule has 1 aromatic carbocycles. The summed E-state index contributed by atoms with van der Waals surface area (Å²) in [4.78, 5) is 6.00. The molecule has 2 N–H and O–H groups in total. The van der Waals surface area contributed by atoms with Gasteiger partial charge in [-0.25, -0.2) is 0 Å². The van der Waals surface area contributed by atoms with Gasteiger partial charge in [-0.1, -0.05) is 22.9 Å². The van der Waals surface area contributed by atoms with E-state index in [0.717, 1.165) is 37.1 Å². The summed E-state index contributed by atoms with van der Waals surface area (Å²) in [5.74, 6) is 0. The van der Waals surface area contributed by atoms with E-state index < -0.39 is 0 Å². The van der Waals surface area contributed by atoms with E-state index >= 15 is 0 Å². The van der Waals surface area contributed by atoms with Crippen LogP contribution in [0.2, 0.25) is 0 Å². The molecule has 1 saturated heterocycles. The Balaban J connectivity index is 1.98. The van der Waals surface area contributed by atoms with Crippen LogP contribution in [0.15, 0.2) is 28.9 Å². The van der Waals surface area contributed by atoms with Crippen molar-refractivity contribution >= 4 is 26.8 Å². The number of benzene rings is 1. The molecule has 1 fully saturated rings.